The van der Waals surface area contributed by atoms with Crippen LogP contribution < -0.4 is 10.6 Å². The second-order valence-corrected chi connectivity index (χ2v) is 7.22. The Balaban J connectivity index is 1.41. The van der Waals surface area contributed by atoms with Crippen molar-refractivity contribution >= 4 is 17.8 Å². The second kappa shape index (κ2) is 8.69. The number of hydrogen-bond acceptors (Lipinski definition) is 4. The summed E-state index contributed by atoms with van der Waals surface area (Å²) in [6.07, 6.45) is 1.74. The number of morpholine rings is 1. The average molecular weight is 353 g/mol. The molecule has 2 aliphatic heterocycles. The second-order valence-electron chi connectivity index (χ2n) is 6.08. The summed E-state index contributed by atoms with van der Waals surface area (Å²) in [6.45, 7) is 5.13. The van der Waals surface area contributed by atoms with E-state index in [4.69, 9.17) is 4.74 Å². The highest BCUT2D eigenvalue weighted by atomic mass is 32.2. The predicted molar refractivity (Wildman–Crippen MR) is 92.9 cm³/mol. The fourth-order valence-electron chi connectivity index (χ4n) is 3.05. The molecule has 1 unspecified atom stereocenters. The van der Waals surface area contributed by atoms with Gasteiger partial charge in [0.25, 0.3) is 0 Å². The van der Waals surface area contributed by atoms with E-state index in [9.17, 15) is 9.18 Å². The molecule has 2 aliphatic rings. The van der Waals surface area contributed by atoms with Crippen molar-refractivity contribution in [1.82, 2.24) is 15.5 Å². The number of carbonyl (C=O) groups is 1. The molecule has 1 atom stereocenters. The van der Waals surface area contributed by atoms with E-state index < -0.39 is 0 Å². The fourth-order valence-corrected chi connectivity index (χ4v) is 4.16. The van der Waals surface area contributed by atoms with E-state index in [1.807, 2.05) is 0 Å². The van der Waals surface area contributed by atoms with E-state index >= 15 is 0 Å². The number of carbonyl (C=O) groups excluding carboxylic acids is 1. The Kier molecular flexibility index (Phi) is 6.34. The number of ether oxygens (including phenoxy) is 1. The molecule has 1 aromatic rings. The molecule has 24 heavy (non-hydrogen) atoms. The molecule has 2 N–H and O–H groups in total. The van der Waals surface area contributed by atoms with Gasteiger partial charge in [0.1, 0.15) is 5.82 Å². The lowest BCUT2D eigenvalue weighted by atomic mass is 10.0. The van der Waals surface area contributed by atoms with Crippen molar-refractivity contribution in [3.05, 3.63) is 29.6 Å². The number of benzene rings is 1. The Morgan fingerprint density at radius 1 is 1.38 bits per heavy atom. The Bertz CT molecular complexity index is 567. The third-order valence-electron chi connectivity index (χ3n) is 4.36. The van der Waals surface area contributed by atoms with E-state index in [2.05, 4.69) is 15.5 Å². The van der Waals surface area contributed by atoms with E-state index in [0.717, 1.165) is 61.9 Å². The van der Waals surface area contributed by atoms with Crippen molar-refractivity contribution in [2.45, 2.75) is 23.8 Å². The summed E-state index contributed by atoms with van der Waals surface area (Å²) in [4.78, 5) is 15.5. The molecule has 0 saturated carbocycles. The first-order chi connectivity index (χ1) is 11.7. The summed E-state index contributed by atoms with van der Waals surface area (Å²) in [5.41, 5.74) is 0.884. The third-order valence-corrected chi connectivity index (χ3v) is 5.48. The minimum atomic E-state index is -0.256. The van der Waals surface area contributed by atoms with Gasteiger partial charge in [-0.25, -0.2) is 9.18 Å². The first-order valence-corrected chi connectivity index (χ1v) is 9.47. The summed E-state index contributed by atoms with van der Waals surface area (Å²) >= 11 is 1.71. The minimum absolute atomic E-state index is 0.115. The van der Waals surface area contributed by atoms with Crippen LogP contribution in [-0.4, -0.2) is 56.1 Å². The zero-order valence-corrected chi connectivity index (χ0v) is 14.5. The molecule has 3 rings (SSSR count). The maximum absolute atomic E-state index is 13.5. The summed E-state index contributed by atoms with van der Waals surface area (Å²) in [5, 5.41) is 5.88. The van der Waals surface area contributed by atoms with Gasteiger partial charge in [-0.1, -0.05) is 0 Å². The fraction of sp³-hybridized carbons (Fsp3) is 0.588. The van der Waals surface area contributed by atoms with Crippen LogP contribution in [-0.2, 0) is 4.74 Å². The summed E-state index contributed by atoms with van der Waals surface area (Å²) in [7, 11) is 0. The quantitative estimate of drug-likeness (QED) is 0.798. The molecular weight excluding hydrogens is 329 g/mol. The standard InChI is InChI=1S/C17H24FN3O2S/c18-13-2-3-16-14(12-13)15(4-11-24-16)20-17(22)19-5-1-6-21-7-9-23-10-8-21/h2-3,12,15H,1,4-11H2,(H2,19,20,22). The van der Waals surface area contributed by atoms with Gasteiger partial charge in [0.15, 0.2) is 0 Å². The van der Waals surface area contributed by atoms with Crippen LogP contribution in [0.5, 0.6) is 0 Å². The predicted octanol–water partition coefficient (Wildman–Crippen LogP) is 2.38. The molecule has 0 spiro atoms. The summed E-state index contributed by atoms with van der Waals surface area (Å²) in [5.74, 6) is 0.676. The lowest BCUT2D eigenvalue weighted by Gasteiger charge is -2.27. The van der Waals surface area contributed by atoms with Crippen molar-refractivity contribution in [3.8, 4) is 0 Å². The SMILES string of the molecule is O=C(NCCCN1CCOCC1)NC1CCSc2ccc(F)cc21. The normalized spacial score (nSPS) is 21.1. The maximum Gasteiger partial charge on any atom is 0.315 e. The molecule has 1 saturated heterocycles. The van der Waals surface area contributed by atoms with E-state index in [-0.39, 0.29) is 17.9 Å². The molecule has 132 valence electrons. The number of nitrogens with zero attached hydrogens (tertiary/aromatic N) is 1. The molecule has 2 amide bonds. The molecule has 0 aromatic heterocycles. The van der Waals surface area contributed by atoms with Crippen molar-refractivity contribution in [2.75, 3.05) is 45.1 Å². The van der Waals surface area contributed by atoms with Gasteiger partial charge in [0, 0.05) is 30.3 Å². The smallest absolute Gasteiger partial charge is 0.315 e. The zero-order chi connectivity index (χ0) is 16.8. The molecule has 0 bridgehead atoms. The van der Waals surface area contributed by atoms with Gasteiger partial charge in [-0.2, -0.15) is 0 Å². The third kappa shape index (κ3) is 4.84. The summed E-state index contributed by atoms with van der Waals surface area (Å²) < 4.78 is 18.8. The molecule has 0 radical (unpaired) electrons. The number of halogens is 1. The monoisotopic (exact) mass is 353 g/mol. The van der Waals surface area contributed by atoms with Crippen LogP contribution in [0.1, 0.15) is 24.4 Å². The Labute approximate surface area is 146 Å². The van der Waals surface area contributed by atoms with Gasteiger partial charge in [-0.3, -0.25) is 4.90 Å². The van der Waals surface area contributed by atoms with Crippen molar-refractivity contribution < 1.29 is 13.9 Å². The van der Waals surface area contributed by atoms with E-state index in [0.29, 0.717) is 6.54 Å². The number of hydrogen-bond donors (Lipinski definition) is 2. The molecule has 1 aromatic carbocycles. The van der Waals surface area contributed by atoms with Crippen LogP contribution in [0.2, 0.25) is 0 Å². The number of nitrogens with one attached hydrogen (secondary N) is 2. The maximum atomic E-state index is 13.5. The van der Waals surface area contributed by atoms with Crippen LogP contribution in [0.3, 0.4) is 0 Å². The van der Waals surface area contributed by atoms with Crippen LogP contribution >= 0.6 is 11.8 Å². The van der Waals surface area contributed by atoms with Crippen LogP contribution in [0.25, 0.3) is 0 Å². The molecular formula is C17H24FN3O2S. The van der Waals surface area contributed by atoms with Crippen molar-refractivity contribution in [1.29, 1.82) is 0 Å². The van der Waals surface area contributed by atoms with Gasteiger partial charge in [-0.15, -0.1) is 11.8 Å². The first-order valence-electron chi connectivity index (χ1n) is 8.49. The lowest BCUT2D eigenvalue weighted by molar-refractivity contribution is 0.0375. The first kappa shape index (κ1) is 17.5. The van der Waals surface area contributed by atoms with Gasteiger partial charge >= 0.3 is 6.03 Å². The number of thioether (sulfide) groups is 1. The topological polar surface area (TPSA) is 53.6 Å². The van der Waals surface area contributed by atoms with Crippen molar-refractivity contribution in [2.24, 2.45) is 0 Å². The highest BCUT2D eigenvalue weighted by Crippen LogP contribution is 2.36. The largest absolute Gasteiger partial charge is 0.379 e. The van der Waals surface area contributed by atoms with Gasteiger partial charge in [0.2, 0.25) is 0 Å². The van der Waals surface area contributed by atoms with Gasteiger partial charge in [0.05, 0.1) is 19.3 Å². The van der Waals surface area contributed by atoms with E-state index in [1.165, 1.54) is 12.1 Å². The highest BCUT2D eigenvalue weighted by molar-refractivity contribution is 7.99. The molecule has 2 heterocycles. The van der Waals surface area contributed by atoms with E-state index in [1.54, 1.807) is 17.8 Å². The molecule has 0 aliphatic carbocycles. The van der Waals surface area contributed by atoms with Crippen molar-refractivity contribution in [3.63, 3.8) is 0 Å². The number of urea groups is 1. The zero-order valence-electron chi connectivity index (χ0n) is 13.7. The van der Waals surface area contributed by atoms with Crippen LogP contribution in [0.15, 0.2) is 23.1 Å². The van der Waals surface area contributed by atoms with Crippen LogP contribution in [0, 0.1) is 5.82 Å². The Morgan fingerprint density at radius 3 is 3.04 bits per heavy atom. The average Bonchev–Trinajstić information content (AvgIpc) is 2.60. The molecule has 7 heteroatoms. The lowest BCUT2D eigenvalue weighted by Crippen LogP contribution is -2.41. The van der Waals surface area contributed by atoms with Crippen LogP contribution in [0.4, 0.5) is 9.18 Å². The number of fused-ring (bicyclic) bond motifs is 1. The number of amides is 2. The van der Waals surface area contributed by atoms with Gasteiger partial charge in [-0.05, 0) is 43.1 Å². The highest BCUT2D eigenvalue weighted by Gasteiger charge is 2.22. The summed E-state index contributed by atoms with van der Waals surface area (Å²) in [6, 6.07) is 4.51. The number of rotatable bonds is 5. The molecule has 1 fully saturated rings. The Morgan fingerprint density at radius 2 is 2.21 bits per heavy atom. The van der Waals surface area contributed by atoms with Gasteiger partial charge < -0.3 is 15.4 Å². The Hall–Kier alpha value is -1.31. The minimum Gasteiger partial charge on any atom is -0.379 e. The molecule has 5 nitrogen and oxygen atoms in total.